The number of amides is 1. The van der Waals surface area contributed by atoms with E-state index in [1.165, 1.54) is 36.0 Å². The van der Waals surface area contributed by atoms with Gasteiger partial charge in [0, 0.05) is 5.69 Å². The van der Waals surface area contributed by atoms with Crippen LogP contribution in [0, 0.1) is 0 Å². The van der Waals surface area contributed by atoms with Crippen LogP contribution < -0.4 is 11.1 Å². The van der Waals surface area contributed by atoms with Gasteiger partial charge in [-0.1, -0.05) is 18.2 Å². The first-order valence-electron chi connectivity index (χ1n) is 8.23. The van der Waals surface area contributed by atoms with Crippen molar-refractivity contribution >= 4 is 11.6 Å². The number of fused-ring (bicyclic) bond motifs is 1. The van der Waals surface area contributed by atoms with Gasteiger partial charge in [0.25, 0.3) is 0 Å². The van der Waals surface area contributed by atoms with Crippen LogP contribution in [0.15, 0.2) is 36.5 Å². The lowest BCUT2D eigenvalue weighted by molar-refractivity contribution is -0.121. The molecule has 4 heteroatoms. The highest BCUT2D eigenvalue weighted by Crippen LogP contribution is 2.24. The molecular weight excluding hydrogens is 286 g/mol. The summed E-state index contributed by atoms with van der Waals surface area (Å²) in [7, 11) is 0. The second-order valence-corrected chi connectivity index (χ2v) is 6.28. The predicted octanol–water partition coefficient (Wildman–Crippen LogP) is 2.96. The smallest absolute Gasteiger partial charge is 0.226 e. The van der Waals surface area contributed by atoms with E-state index in [2.05, 4.69) is 28.5 Å². The largest absolute Gasteiger partial charge is 0.397 e. The van der Waals surface area contributed by atoms with E-state index in [0.29, 0.717) is 5.69 Å². The normalized spacial score (nSPS) is 14.8. The summed E-state index contributed by atoms with van der Waals surface area (Å²) in [6.07, 6.45) is 6.73. The molecule has 0 saturated carbocycles. The zero-order chi connectivity index (χ0) is 16.2. The van der Waals surface area contributed by atoms with Crippen LogP contribution in [0.2, 0.25) is 0 Å². The molecule has 23 heavy (non-hydrogen) atoms. The molecule has 1 aliphatic rings. The molecule has 3 rings (SSSR count). The van der Waals surface area contributed by atoms with Crippen molar-refractivity contribution in [2.75, 3.05) is 5.73 Å². The molecule has 1 amide bonds. The average molecular weight is 309 g/mol. The number of aryl methyl sites for hydroxylation is 2. The van der Waals surface area contributed by atoms with Crippen molar-refractivity contribution in [2.24, 2.45) is 0 Å². The number of anilines is 1. The number of carbonyl (C=O) groups is 1. The fraction of sp³-hybridized carbons (Fsp3) is 0.368. The minimum Gasteiger partial charge on any atom is -0.397 e. The number of nitrogens with two attached hydrogens (primary N) is 1. The van der Waals surface area contributed by atoms with Crippen molar-refractivity contribution in [1.29, 1.82) is 0 Å². The molecule has 4 nitrogen and oxygen atoms in total. The minimum atomic E-state index is -0.0208. The van der Waals surface area contributed by atoms with Crippen molar-refractivity contribution < 1.29 is 4.79 Å². The van der Waals surface area contributed by atoms with Gasteiger partial charge in [0.15, 0.2) is 0 Å². The molecule has 0 aliphatic heterocycles. The molecule has 1 heterocycles. The van der Waals surface area contributed by atoms with E-state index in [4.69, 9.17) is 5.73 Å². The molecule has 0 radical (unpaired) electrons. The Labute approximate surface area is 137 Å². The number of nitrogens with zero attached hydrogens (tertiary/aromatic N) is 1. The number of benzene rings is 1. The van der Waals surface area contributed by atoms with Crippen LogP contribution in [0.1, 0.15) is 48.2 Å². The van der Waals surface area contributed by atoms with Gasteiger partial charge in [0.1, 0.15) is 0 Å². The summed E-state index contributed by atoms with van der Waals surface area (Å²) < 4.78 is 0. The van der Waals surface area contributed by atoms with Crippen LogP contribution in [0.4, 0.5) is 5.69 Å². The van der Waals surface area contributed by atoms with Crippen molar-refractivity contribution in [2.45, 2.75) is 45.1 Å². The number of hydrogen-bond acceptors (Lipinski definition) is 3. The van der Waals surface area contributed by atoms with Crippen LogP contribution >= 0.6 is 0 Å². The molecule has 120 valence electrons. The minimum absolute atomic E-state index is 0.00325. The van der Waals surface area contributed by atoms with Crippen molar-refractivity contribution in [3.05, 3.63) is 58.9 Å². The molecule has 1 aliphatic carbocycles. The molecular formula is C19H23N3O. The van der Waals surface area contributed by atoms with Gasteiger partial charge in [0.05, 0.1) is 24.3 Å². The van der Waals surface area contributed by atoms with Crippen LogP contribution in [-0.4, -0.2) is 10.9 Å². The standard InChI is InChI=1S/C19H23N3O/c1-13(15-7-6-14-4-2-3-5-16(14)10-15)22-19(23)11-18-9-8-17(20)12-21-18/h6-10,12-13H,2-5,11,20H2,1H3,(H,22,23). The summed E-state index contributed by atoms with van der Waals surface area (Å²) >= 11 is 0. The van der Waals surface area contributed by atoms with Crippen LogP contribution in [0.5, 0.6) is 0 Å². The molecule has 0 saturated heterocycles. The molecule has 0 fully saturated rings. The quantitative estimate of drug-likeness (QED) is 0.912. The molecule has 0 spiro atoms. The summed E-state index contributed by atoms with van der Waals surface area (Å²) in [5.41, 5.74) is 11.0. The summed E-state index contributed by atoms with van der Waals surface area (Å²) in [6.45, 7) is 2.03. The van der Waals surface area contributed by atoms with E-state index in [-0.39, 0.29) is 18.4 Å². The highest BCUT2D eigenvalue weighted by molar-refractivity contribution is 5.78. The Kier molecular flexibility index (Phi) is 4.60. The van der Waals surface area contributed by atoms with Crippen LogP contribution in [0.3, 0.4) is 0 Å². The maximum Gasteiger partial charge on any atom is 0.226 e. The lowest BCUT2D eigenvalue weighted by Gasteiger charge is -2.20. The summed E-state index contributed by atoms with van der Waals surface area (Å²) in [4.78, 5) is 16.4. The highest BCUT2D eigenvalue weighted by atomic mass is 16.1. The van der Waals surface area contributed by atoms with Gasteiger partial charge in [-0.15, -0.1) is 0 Å². The number of aromatic nitrogens is 1. The van der Waals surface area contributed by atoms with Crippen LogP contribution in [-0.2, 0) is 24.1 Å². The van der Waals surface area contributed by atoms with E-state index >= 15 is 0 Å². The average Bonchev–Trinajstić information content (AvgIpc) is 2.56. The molecule has 0 bridgehead atoms. The molecule has 1 unspecified atom stereocenters. The van der Waals surface area contributed by atoms with E-state index in [1.54, 1.807) is 18.3 Å². The van der Waals surface area contributed by atoms with Gasteiger partial charge in [0.2, 0.25) is 5.91 Å². The SMILES string of the molecule is CC(NC(=O)Cc1ccc(N)cn1)c1ccc2c(c1)CCCC2. The highest BCUT2D eigenvalue weighted by Gasteiger charge is 2.14. The van der Waals surface area contributed by atoms with Gasteiger partial charge in [-0.2, -0.15) is 0 Å². The Morgan fingerprint density at radius 1 is 1.22 bits per heavy atom. The zero-order valence-corrected chi connectivity index (χ0v) is 13.5. The van der Waals surface area contributed by atoms with Crippen molar-refractivity contribution in [1.82, 2.24) is 10.3 Å². The third-order valence-corrected chi connectivity index (χ3v) is 4.44. The second kappa shape index (κ2) is 6.82. The topological polar surface area (TPSA) is 68.0 Å². The maximum atomic E-state index is 12.2. The predicted molar refractivity (Wildman–Crippen MR) is 92.0 cm³/mol. The first-order chi connectivity index (χ1) is 11.1. The first kappa shape index (κ1) is 15.5. The molecule has 1 atom stereocenters. The molecule has 1 aromatic heterocycles. The Morgan fingerprint density at radius 3 is 2.74 bits per heavy atom. The van der Waals surface area contributed by atoms with E-state index in [0.717, 1.165) is 12.1 Å². The van der Waals surface area contributed by atoms with Crippen molar-refractivity contribution in [3.8, 4) is 0 Å². The number of pyridine rings is 1. The van der Waals surface area contributed by atoms with Crippen molar-refractivity contribution in [3.63, 3.8) is 0 Å². The Hall–Kier alpha value is -2.36. The fourth-order valence-electron chi connectivity index (χ4n) is 3.10. The molecule has 1 aromatic carbocycles. The molecule has 2 aromatic rings. The molecule has 3 N–H and O–H groups in total. The third-order valence-electron chi connectivity index (χ3n) is 4.44. The van der Waals surface area contributed by atoms with E-state index in [1.807, 2.05) is 6.92 Å². The van der Waals surface area contributed by atoms with Gasteiger partial charge in [-0.3, -0.25) is 9.78 Å². The fourth-order valence-corrected chi connectivity index (χ4v) is 3.10. The number of nitrogen functional groups attached to an aromatic ring is 1. The lowest BCUT2D eigenvalue weighted by atomic mass is 9.89. The summed E-state index contributed by atoms with van der Waals surface area (Å²) in [5.74, 6) is -0.0208. The zero-order valence-electron chi connectivity index (χ0n) is 13.5. The monoisotopic (exact) mass is 309 g/mol. The van der Waals surface area contributed by atoms with E-state index in [9.17, 15) is 4.79 Å². The Morgan fingerprint density at radius 2 is 2.00 bits per heavy atom. The lowest BCUT2D eigenvalue weighted by Crippen LogP contribution is -2.28. The maximum absolute atomic E-state index is 12.2. The van der Waals surface area contributed by atoms with Gasteiger partial charge in [-0.25, -0.2) is 0 Å². The Bertz CT molecular complexity index is 694. The first-order valence-corrected chi connectivity index (χ1v) is 8.23. The van der Waals surface area contributed by atoms with Gasteiger partial charge < -0.3 is 11.1 Å². The summed E-state index contributed by atoms with van der Waals surface area (Å²) in [5, 5.41) is 3.06. The third kappa shape index (κ3) is 3.89. The van der Waals surface area contributed by atoms with Crippen LogP contribution in [0.25, 0.3) is 0 Å². The van der Waals surface area contributed by atoms with Gasteiger partial charge >= 0.3 is 0 Å². The van der Waals surface area contributed by atoms with E-state index < -0.39 is 0 Å². The number of hydrogen-bond donors (Lipinski definition) is 2. The second-order valence-electron chi connectivity index (χ2n) is 6.28. The Balaban J connectivity index is 1.63. The number of carbonyl (C=O) groups excluding carboxylic acids is 1. The number of rotatable bonds is 4. The van der Waals surface area contributed by atoms with Gasteiger partial charge in [-0.05, 0) is 61.4 Å². The number of nitrogens with one attached hydrogen (secondary N) is 1. The summed E-state index contributed by atoms with van der Waals surface area (Å²) in [6, 6.07) is 10.2.